The standard InChI is InChI=1S/C22H21N3O2S/c1-14-6-7-18-16(12-14)20(26)22(27)25(18)13-24-10-8-15(9-11-24)21-23-17-4-2-3-5-19(17)28-21/h2-7,12,15H,8-11,13H2,1H3. The van der Waals surface area contributed by atoms with Crippen molar-refractivity contribution in [3.63, 3.8) is 0 Å². The molecule has 3 heterocycles. The van der Waals surface area contributed by atoms with Crippen LogP contribution in [-0.2, 0) is 4.79 Å². The molecule has 0 saturated carbocycles. The van der Waals surface area contributed by atoms with E-state index in [1.54, 1.807) is 16.2 Å². The third-order valence-corrected chi connectivity index (χ3v) is 6.91. The number of Topliss-reactive ketones (excluding diaryl/α,β-unsaturated/α-hetero) is 1. The Labute approximate surface area is 167 Å². The minimum absolute atomic E-state index is 0.386. The van der Waals surface area contributed by atoms with Crippen molar-refractivity contribution in [2.45, 2.75) is 25.7 Å². The Morgan fingerprint density at radius 2 is 1.89 bits per heavy atom. The van der Waals surface area contributed by atoms with Gasteiger partial charge in [0, 0.05) is 19.0 Å². The predicted molar refractivity (Wildman–Crippen MR) is 111 cm³/mol. The first-order valence-electron chi connectivity index (χ1n) is 9.65. The molecule has 28 heavy (non-hydrogen) atoms. The summed E-state index contributed by atoms with van der Waals surface area (Å²) in [5.41, 5.74) is 3.36. The molecular formula is C22H21N3O2S. The number of hydrogen-bond acceptors (Lipinski definition) is 5. The number of fused-ring (bicyclic) bond motifs is 2. The lowest BCUT2D eigenvalue weighted by Crippen LogP contribution is -2.44. The first-order chi connectivity index (χ1) is 13.6. The molecule has 2 aliphatic rings. The second-order valence-corrected chi connectivity index (χ2v) is 8.70. The third-order valence-electron chi connectivity index (χ3n) is 5.72. The smallest absolute Gasteiger partial charge is 0.291 e. The Bertz CT molecular complexity index is 1050. The summed E-state index contributed by atoms with van der Waals surface area (Å²) in [5, 5.41) is 1.22. The van der Waals surface area contributed by atoms with Crippen molar-refractivity contribution >= 4 is 38.9 Å². The number of hydrogen-bond donors (Lipinski definition) is 0. The summed E-state index contributed by atoms with van der Waals surface area (Å²) in [6, 6.07) is 13.9. The largest absolute Gasteiger partial charge is 0.300 e. The van der Waals surface area contributed by atoms with Crippen molar-refractivity contribution in [1.29, 1.82) is 0 Å². The Morgan fingerprint density at radius 1 is 1.11 bits per heavy atom. The molecule has 2 aromatic carbocycles. The predicted octanol–water partition coefficient (Wildman–Crippen LogP) is 3.97. The summed E-state index contributed by atoms with van der Waals surface area (Å²) in [6.07, 6.45) is 2.05. The number of thiazole rings is 1. The Kier molecular flexibility index (Phi) is 4.25. The van der Waals surface area contributed by atoms with Crippen LogP contribution in [0.5, 0.6) is 0 Å². The number of nitrogens with zero attached hydrogens (tertiary/aromatic N) is 3. The van der Waals surface area contributed by atoms with Gasteiger partial charge in [-0.3, -0.25) is 19.4 Å². The molecule has 1 saturated heterocycles. The number of ketones is 1. The molecule has 6 heteroatoms. The lowest BCUT2D eigenvalue weighted by atomic mass is 9.98. The molecular weight excluding hydrogens is 370 g/mol. The van der Waals surface area contributed by atoms with Gasteiger partial charge in [-0.05, 0) is 44.0 Å². The zero-order chi connectivity index (χ0) is 19.3. The molecule has 0 atom stereocenters. The number of amides is 1. The van der Waals surface area contributed by atoms with Crippen LogP contribution in [0, 0.1) is 6.92 Å². The van der Waals surface area contributed by atoms with Gasteiger partial charge >= 0.3 is 5.91 Å². The van der Waals surface area contributed by atoms with Crippen LogP contribution in [0.25, 0.3) is 10.2 Å². The van der Waals surface area contributed by atoms with Gasteiger partial charge in [-0.2, -0.15) is 0 Å². The zero-order valence-electron chi connectivity index (χ0n) is 15.7. The fraction of sp³-hybridized carbons (Fsp3) is 0.318. The van der Waals surface area contributed by atoms with Crippen LogP contribution in [0.15, 0.2) is 42.5 Å². The maximum Gasteiger partial charge on any atom is 0.300 e. The number of para-hydroxylation sites is 1. The van der Waals surface area contributed by atoms with Crippen LogP contribution < -0.4 is 4.90 Å². The van der Waals surface area contributed by atoms with Crippen molar-refractivity contribution in [3.05, 3.63) is 58.6 Å². The van der Waals surface area contributed by atoms with Crippen LogP contribution >= 0.6 is 11.3 Å². The lowest BCUT2D eigenvalue weighted by molar-refractivity contribution is -0.114. The quantitative estimate of drug-likeness (QED) is 0.634. The number of rotatable bonds is 3. The van der Waals surface area contributed by atoms with Gasteiger partial charge in [0.25, 0.3) is 5.78 Å². The molecule has 1 aromatic heterocycles. The van der Waals surface area contributed by atoms with E-state index in [0.29, 0.717) is 18.2 Å². The van der Waals surface area contributed by atoms with Gasteiger partial charge < -0.3 is 0 Å². The van der Waals surface area contributed by atoms with Crippen molar-refractivity contribution < 1.29 is 9.59 Å². The minimum Gasteiger partial charge on any atom is -0.291 e. The molecule has 142 valence electrons. The number of piperidine rings is 1. The fourth-order valence-electron chi connectivity index (χ4n) is 4.14. The van der Waals surface area contributed by atoms with E-state index in [1.807, 2.05) is 31.2 Å². The topological polar surface area (TPSA) is 53.5 Å². The normalized spacial score (nSPS) is 18.2. The number of aromatic nitrogens is 1. The van der Waals surface area contributed by atoms with E-state index in [9.17, 15) is 9.59 Å². The van der Waals surface area contributed by atoms with E-state index in [0.717, 1.165) is 42.7 Å². The molecule has 0 N–H and O–H groups in total. The van der Waals surface area contributed by atoms with Crippen LogP contribution in [-0.4, -0.2) is 41.3 Å². The first-order valence-corrected chi connectivity index (χ1v) is 10.5. The van der Waals surface area contributed by atoms with Crippen LogP contribution in [0.1, 0.15) is 39.7 Å². The number of carbonyl (C=O) groups is 2. The van der Waals surface area contributed by atoms with E-state index < -0.39 is 5.91 Å². The summed E-state index contributed by atoms with van der Waals surface area (Å²) < 4.78 is 1.24. The van der Waals surface area contributed by atoms with Crippen LogP contribution in [0.4, 0.5) is 5.69 Å². The lowest BCUT2D eigenvalue weighted by Gasteiger charge is -2.33. The second-order valence-electron chi connectivity index (χ2n) is 7.64. The molecule has 2 aliphatic heterocycles. The summed E-state index contributed by atoms with van der Waals surface area (Å²) >= 11 is 1.79. The average Bonchev–Trinajstić information content (AvgIpc) is 3.24. The first kappa shape index (κ1) is 17.5. The van der Waals surface area contributed by atoms with Crippen molar-refractivity contribution in [2.75, 3.05) is 24.7 Å². The van der Waals surface area contributed by atoms with E-state index in [2.05, 4.69) is 23.1 Å². The maximum atomic E-state index is 12.5. The molecule has 0 spiro atoms. The molecule has 1 amide bonds. The van der Waals surface area contributed by atoms with E-state index >= 15 is 0 Å². The van der Waals surface area contributed by atoms with Gasteiger partial charge in [-0.25, -0.2) is 4.98 Å². The maximum absolute atomic E-state index is 12.5. The highest BCUT2D eigenvalue weighted by Gasteiger charge is 2.37. The third kappa shape index (κ3) is 2.93. The number of benzene rings is 2. The molecule has 0 bridgehead atoms. The Balaban J connectivity index is 1.28. The van der Waals surface area contributed by atoms with Gasteiger partial charge in [0.15, 0.2) is 0 Å². The van der Waals surface area contributed by atoms with Crippen LogP contribution in [0.2, 0.25) is 0 Å². The highest BCUT2D eigenvalue weighted by atomic mass is 32.1. The van der Waals surface area contributed by atoms with E-state index in [4.69, 9.17) is 4.98 Å². The molecule has 1 fully saturated rings. The summed E-state index contributed by atoms with van der Waals surface area (Å²) in [7, 11) is 0. The van der Waals surface area contributed by atoms with E-state index in [1.165, 1.54) is 9.71 Å². The Morgan fingerprint density at radius 3 is 2.68 bits per heavy atom. The van der Waals surface area contributed by atoms with E-state index in [-0.39, 0.29) is 5.78 Å². The van der Waals surface area contributed by atoms with Gasteiger partial charge in [0.05, 0.1) is 33.1 Å². The molecule has 0 aliphatic carbocycles. The number of aryl methyl sites for hydroxylation is 1. The molecule has 0 unspecified atom stereocenters. The molecule has 3 aromatic rings. The zero-order valence-corrected chi connectivity index (χ0v) is 16.5. The molecule has 5 rings (SSSR count). The van der Waals surface area contributed by atoms with Gasteiger partial charge in [-0.15, -0.1) is 11.3 Å². The molecule has 0 radical (unpaired) electrons. The van der Waals surface area contributed by atoms with Crippen molar-refractivity contribution in [2.24, 2.45) is 0 Å². The van der Waals surface area contributed by atoms with Gasteiger partial charge in [-0.1, -0.05) is 23.8 Å². The summed E-state index contributed by atoms with van der Waals surface area (Å²) in [6.45, 7) is 4.22. The summed E-state index contributed by atoms with van der Waals surface area (Å²) in [5.74, 6) is -0.323. The van der Waals surface area contributed by atoms with Gasteiger partial charge in [0.2, 0.25) is 0 Å². The average molecular weight is 391 g/mol. The highest BCUT2D eigenvalue weighted by molar-refractivity contribution is 7.18. The SMILES string of the molecule is Cc1ccc2c(c1)C(=O)C(=O)N2CN1CCC(c2nc3ccccc3s2)CC1. The van der Waals surface area contributed by atoms with Crippen molar-refractivity contribution in [1.82, 2.24) is 9.88 Å². The van der Waals surface area contributed by atoms with Crippen LogP contribution in [0.3, 0.4) is 0 Å². The van der Waals surface area contributed by atoms with Gasteiger partial charge in [0.1, 0.15) is 0 Å². The second kappa shape index (κ2) is 6.79. The number of likely N-dealkylation sites (tertiary alicyclic amines) is 1. The number of carbonyl (C=O) groups excluding carboxylic acids is 2. The van der Waals surface area contributed by atoms with Crippen molar-refractivity contribution in [3.8, 4) is 0 Å². The fourth-order valence-corrected chi connectivity index (χ4v) is 5.28. The number of anilines is 1. The highest BCUT2D eigenvalue weighted by Crippen LogP contribution is 2.35. The monoisotopic (exact) mass is 391 g/mol. The summed E-state index contributed by atoms with van der Waals surface area (Å²) in [4.78, 5) is 33.5. The Hall–Kier alpha value is -2.57. The molecule has 5 nitrogen and oxygen atoms in total. The minimum atomic E-state index is -0.408.